The molecule has 0 radical (unpaired) electrons. The van der Waals surface area contributed by atoms with E-state index in [-0.39, 0.29) is 23.6 Å². The van der Waals surface area contributed by atoms with Crippen LogP contribution in [0.1, 0.15) is 5.56 Å². The fraction of sp³-hybridized carbons (Fsp3) is 0.231. The predicted molar refractivity (Wildman–Crippen MR) is 67.9 cm³/mol. The Morgan fingerprint density at radius 2 is 2.21 bits per heavy atom. The van der Waals surface area contributed by atoms with Crippen LogP contribution in [0.25, 0.3) is 0 Å². The van der Waals surface area contributed by atoms with E-state index in [1.165, 1.54) is 18.2 Å². The summed E-state index contributed by atoms with van der Waals surface area (Å²) in [5.41, 5.74) is 0.0400. The van der Waals surface area contributed by atoms with Crippen LogP contribution in [-0.2, 0) is 20.7 Å². The van der Waals surface area contributed by atoms with Gasteiger partial charge >= 0.3 is 5.97 Å². The minimum atomic E-state index is -0.747. The van der Waals surface area contributed by atoms with Crippen LogP contribution in [0.15, 0.2) is 18.2 Å². The second-order valence-corrected chi connectivity index (χ2v) is 3.93. The largest absolute Gasteiger partial charge is 0.455 e. The van der Waals surface area contributed by atoms with Gasteiger partial charge in [-0.3, -0.25) is 9.59 Å². The van der Waals surface area contributed by atoms with Gasteiger partial charge in [-0.2, -0.15) is 0 Å². The number of halogens is 2. The van der Waals surface area contributed by atoms with Crippen molar-refractivity contribution in [1.82, 2.24) is 5.32 Å². The second kappa shape index (κ2) is 7.39. The molecule has 0 heterocycles. The molecule has 0 saturated carbocycles. The van der Waals surface area contributed by atoms with Crippen molar-refractivity contribution >= 4 is 23.5 Å². The molecule has 0 bridgehead atoms. The molecule has 4 nitrogen and oxygen atoms in total. The van der Waals surface area contributed by atoms with Gasteiger partial charge in [0.2, 0.25) is 0 Å². The Morgan fingerprint density at radius 1 is 1.47 bits per heavy atom. The first-order valence-corrected chi connectivity index (χ1v) is 5.71. The Labute approximate surface area is 114 Å². The lowest BCUT2D eigenvalue weighted by atomic mass is 10.1. The van der Waals surface area contributed by atoms with Crippen LogP contribution in [0.5, 0.6) is 0 Å². The van der Waals surface area contributed by atoms with Crippen molar-refractivity contribution < 1.29 is 18.7 Å². The molecule has 0 unspecified atom stereocenters. The molecule has 0 fully saturated rings. The summed E-state index contributed by atoms with van der Waals surface area (Å²) in [5.74, 6) is 0.336. The van der Waals surface area contributed by atoms with E-state index in [2.05, 4.69) is 16.0 Å². The summed E-state index contributed by atoms with van der Waals surface area (Å²) in [5, 5.41) is 2.45. The number of esters is 1. The molecule has 0 aromatic heterocycles. The van der Waals surface area contributed by atoms with Gasteiger partial charge in [-0.25, -0.2) is 4.39 Å². The Bertz CT molecular complexity index is 505. The molecule has 1 aromatic carbocycles. The van der Waals surface area contributed by atoms with Gasteiger partial charge in [0.05, 0.1) is 13.0 Å². The number of benzene rings is 1. The summed E-state index contributed by atoms with van der Waals surface area (Å²) in [6, 6.07) is 4.08. The predicted octanol–water partition coefficient (Wildman–Crippen LogP) is 1.31. The molecular weight excluding hydrogens is 273 g/mol. The molecule has 0 aliphatic carbocycles. The molecule has 1 amide bonds. The van der Waals surface area contributed by atoms with Gasteiger partial charge in [0.15, 0.2) is 6.61 Å². The normalized spacial score (nSPS) is 9.53. The Balaban J connectivity index is 2.48. The van der Waals surface area contributed by atoms with Gasteiger partial charge in [0.25, 0.3) is 5.91 Å². The van der Waals surface area contributed by atoms with E-state index in [1.807, 2.05) is 0 Å². The lowest BCUT2D eigenvalue weighted by Gasteiger charge is -2.06. The molecule has 6 heteroatoms. The topological polar surface area (TPSA) is 55.4 Å². The van der Waals surface area contributed by atoms with Gasteiger partial charge in [-0.05, 0) is 12.1 Å². The average Bonchev–Trinajstić information content (AvgIpc) is 2.38. The number of nitrogens with one attached hydrogen (secondary N) is 1. The molecule has 0 spiro atoms. The lowest BCUT2D eigenvalue weighted by molar-refractivity contribution is -0.147. The zero-order valence-corrected chi connectivity index (χ0v) is 10.7. The summed E-state index contributed by atoms with van der Waals surface area (Å²) in [4.78, 5) is 22.5. The van der Waals surface area contributed by atoms with Gasteiger partial charge in [-0.15, -0.1) is 6.42 Å². The van der Waals surface area contributed by atoms with Crippen molar-refractivity contribution in [3.8, 4) is 12.3 Å². The van der Waals surface area contributed by atoms with Crippen molar-refractivity contribution in [3.63, 3.8) is 0 Å². The summed E-state index contributed by atoms with van der Waals surface area (Å²) < 4.78 is 18.1. The standard InChI is InChI=1S/C13H11ClFNO3/c1-2-6-16-12(17)8-19-13(18)7-9-10(14)4-3-5-11(9)15/h1,3-5H,6-8H2,(H,16,17). The molecule has 100 valence electrons. The number of carbonyl (C=O) groups excluding carboxylic acids is 2. The minimum Gasteiger partial charge on any atom is -0.455 e. The lowest BCUT2D eigenvalue weighted by Crippen LogP contribution is -2.29. The maximum absolute atomic E-state index is 13.4. The van der Waals surface area contributed by atoms with Crippen molar-refractivity contribution in [2.24, 2.45) is 0 Å². The highest BCUT2D eigenvalue weighted by atomic mass is 35.5. The molecule has 0 aliphatic rings. The number of hydrogen-bond acceptors (Lipinski definition) is 3. The zero-order valence-electron chi connectivity index (χ0n) is 9.91. The Morgan fingerprint density at radius 3 is 2.84 bits per heavy atom. The van der Waals surface area contributed by atoms with Crippen molar-refractivity contribution in [1.29, 1.82) is 0 Å². The number of hydrogen-bond donors (Lipinski definition) is 1. The van der Waals surface area contributed by atoms with E-state index >= 15 is 0 Å². The fourth-order valence-corrected chi connectivity index (χ4v) is 1.47. The number of carbonyl (C=O) groups is 2. The highest BCUT2D eigenvalue weighted by molar-refractivity contribution is 6.31. The van der Waals surface area contributed by atoms with E-state index in [0.29, 0.717) is 0 Å². The van der Waals surface area contributed by atoms with E-state index < -0.39 is 24.3 Å². The van der Waals surface area contributed by atoms with E-state index in [0.717, 1.165) is 0 Å². The van der Waals surface area contributed by atoms with Gasteiger partial charge in [-0.1, -0.05) is 23.6 Å². The van der Waals surface area contributed by atoms with Gasteiger partial charge in [0.1, 0.15) is 5.82 Å². The first kappa shape index (κ1) is 15.0. The third-order valence-corrected chi connectivity index (χ3v) is 2.49. The SMILES string of the molecule is C#CCNC(=O)COC(=O)Cc1c(F)cccc1Cl. The smallest absolute Gasteiger partial charge is 0.310 e. The third kappa shape index (κ3) is 4.98. The van der Waals surface area contributed by atoms with Gasteiger partial charge in [0, 0.05) is 10.6 Å². The second-order valence-electron chi connectivity index (χ2n) is 3.52. The molecule has 1 rings (SSSR count). The van der Waals surface area contributed by atoms with E-state index in [4.69, 9.17) is 18.0 Å². The molecule has 0 aliphatic heterocycles. The number of terminal acetylenes is 1. The van der Waals surface area contributed by atoms with Gasteiger partial charge < -0.3 is 10.1 Å². The maximum Gasteiger partial charge on any atom is 0.310 e. The number of amides is 1. The molecule has 19 heavy (non-hydrogen) atoms. The summed E-state index contributed by atoms with van der Waals surface area (Å²) in [6.07, 6.45) is 4.60. The molecule has 0 saturated heterocycles. The molecular formula is C13H11ClFNO3. The Hall–Kier alpha value is -2.06. The number of rotatable bonds is 5. The first-order valence-electron chi connectivity index (χ1n) is 5.33. The van der Waals surface area contributed by atoms with Crippen LogP contribution in [-0.4, -0.2) is 25.0 Å². The summed E-state index contributed by atoms with van der Waals surface area (Å²) >= 11 is 5.76. The highest BCUT2D eigenvalue weighted by Gasteiger charge is 2.13. The van der Waals surface area contributed by atoms with E-state index in [9.17, 15) is 14.0 Å². The van der Waals surface area contributed by atoms with Crippen molar-refractivity contribution in [3.05, 3.63) is 34.6 Å². The average molecular weight is 284 g/mol. The Kier molecular flexibility index (Phi) is 5.83. The molecule has 1 N–H and O–H groups in total. The minimum absolute atomic E-state index is 0.0400. The van der Waals surface area contributed by atoms with Crippen molar-refractivity contribution in [2.45, 2.75) is 6.42 Å². The molecule has 0 atom stereocenters. The highest BCUT2D eigenvalue weighted by Crippen LogP contribution is 2.19. The fourth-order valence-electron chi connectivity index (χ4n) is 1.24. The van der Waals surface area contributed by atoms with E-state index in [1.54, 1.807) is 0 Å². The van der Waals surface area contributed by atoms with Crippen molar-refractivity contribution in [2.75, 3.05) is 13.2 Å². The maximum atomic E-state index is 13.4. The van der Waals surface area contributed by atoms with Crippen LogP contribution >= 0.6 is 11.6 Å². The van der Waals surface area contributed by atoms with Crippen LogP contribution in [0, 0.1) is 18.2 Å². The summed E-state index contributed by atoms with van der Waals surface area (Å²) in [7, 11) is 0. The van der Waals surface area contributed by atoms with Crippen LogP contribution in [0.2, 0.25) is 5.02 Å². The van der Waals surface area contributed by atoms with Crippen LogP contribution in [0.3, 0.4) is 0 Å². The first-order chi connectivity index (χ1) is 9.04. The zero-order chi connectivity index (χ0) is 14.3. The van der Waals surface area contributed by atoms with Crippen LogP contribution in [0.4, 0.5) is 4.39 Å². The quantitative estimate of drug-likeness (QED) is 0.655. The summed E-state index contributed by atoms with van der Waals surface area (Å²) in [6.45, 7) is -0.415. The third-order valence-electron chi connectivity index (χ3n) is 2.13. The molecule has 1 aromatic rings. The van der Waals surface area contributed by atoms with Crippen LogP contribution < -0.4 is 5.32 Å². The number of ether oxygens (including phenoxy) is 1. The monoisotopic (exact) mass is 283 g/mol.